The first-order valence-corrected chi connectivity index (χ1v) is 7.97. The summed E-state index contributed by atoms with van der Waals surface area (Å²) in [7, 11) is -3.14. The summed E-state index contributed by atoms with van der Waals surface area (Å²) in [5.41, 5.74) is 0.718. The van der Waals surface area contributed by atoms with Crippen molar-refractivity contribution in [3.63, 3.8) is 0 Å². The molecule has 0 bridgehead atoms. The van der Waals surface area contributed by atoms with Crippen molar-refractivity contribution in [3.8, 4) is 0 Å². The number of halogens is 2. The first kappa shape index (κ1) is 13.1. The van der Waals surface area contributed by atoms with Gasteiger partial charge in [0.2, 0.25) is 0 Å². The molecule has 94 valence electrons. The molecule has 17 heavy (non-hydrogen) atoms. The van der Waals surface area contributed by atoms with Crippen LogP contribution in [0.25, 0.3) is 0 Å². The van der Waals surface area contributed by atoms with E-state index in [2.05, 4.69) is 21.2 Å². The summed E-state index contributed by atoms with van der Waals surface area (Å²) in [5.74, 6) is -0.237. The zero-order valence-corrected chi connectivity index (χ0v) is 11.9. The molecule has 2 N–H and O–H groups in total. The van der Waals surface area contributed by atoms with Gasteiger partial charge in [0.15, 0.2) is 9.84 Å². The smallest absolute Gasteiger partial charge is 0.155 e. The predicted octanol–water partition coefficient (Wildman–Crippen LogP) is 1.67. The Morgan fingerprint density at radius 3 is 2.65 bits per heavy atom. The van der Waals surface area contributed by atoms with E-state index in [0.717, 1.165) is 10.2 Å². The fourth-order valence-corrected chi connectivity index (χ4v) is 4.31. The number of sulfone groups is 1. The van der Waals surface area contributed by atoms with Crippen LogP contribution < -0.4 is 5.32 Å². The number of benzene rings is 1. The zero-order chi connectivity index (χ0) is 12.6. The second-order valence-electron chi connectivity index (χ2n) is 4.02. The lowest BCUT2D eigenvalue weighted by Crippen LogP contribution is -2.31. The summed E-state index contributed by atoms with van der Waals surface area (Å²) in [4.78, 5) is 0. The van der Waals surface area contributed by atoms with E-state index in [1.54, 1.807) is 18.2 Å². The molecule has 1 aliphatic rings. The average molecular weight is 341 g/mol. The Balaban J connectivity index is 2.17. The van der Waals surface area contributed by atoms with E-state index in [0.29, 0.717) is 5.02 Å². The molecule has 7 heteroatoms. The van der Waals surface area contributed by atoms with Crippen LogP contribution in [0, 0.1) is 0 Å². The molecule has 1 fully saturated rings. The standard InChI is InChI=1S/C10H11BrClNO3S/c11-7-3-6(12)1-2-8(7)13-9-4-17(15,16)5-10(9)14/h1-3,9-10,13-14H,4-5H2. The van der Waals surface area contributed by atoms with Crippen LogP contribution in [0.3, 0.4) is 0 Å². The normalized spacial score (nSPS) is 27.0. The maximum Gasteiger partial charge on any atom is 0.155 e. The quantitative estimate of drug-likeness (QED) is 0.859. The van der Waals surface area contributed by atoms with Crippen molar-refractivity contribution in [3.05, 3.63) is 27.7 Å². The van der Waals surface area contributed by atoms with Gasteiger partial charge in [0.05, 0.1) is 23.7 Å². The van der Waals surface area contributed by atoms with Crippen molar-refractivity contribution >= 4 is 43.1 Å². The third-order valence-corrected chi connectivity index (χ3v) is 5.20. The molecule has 0 amide bonds. The summed E-state index contributed by atoms with van der Waals surface area (Å²) in [6.45, 7) is 0. The maximum atomic E-state index is 11.3. The third-order valence-electron chi connectivity index (χ3n) is 2.59. The Morgan fingerprint density at radius 2 is 2.12 bits per heavy atom. The van der Waals surface area contributed by atoms with Gasteiger partial charge in [-0.2, -0.15) is 0 Å². The summed E-state index contributed by atoms with van der Waals surface area (Å²) >= 11 is 9.13. The number of rotatable bonds is 2. The molecule has 1 aromatic carbocycles. The highest BCUT2D eigenvalue weighted by molar-refractivity contribution is 9.10. The van der Waals surface area contributed by atoms with Crippen LogP contribution in [0.1, 0.15) is 0 Å². The van der Waals surface area contributed by atoms with Crippen LogP contribution in [0.5, 0.6) is 0 Å². The summed E-state index contributed by atoms with van der Waals surface area (Å²) < 4.78 is 23.4. The number of aliphatic hydroxyl groups is 1. The van der Waals surface area contributed by atoms with Gasteiger partial charge in [-0.1, -0.05) is 11.6 Å². The van der Waals surface area contributed by atoms with Crippen molar-refractivity contribution in [2.45, 2.75) is 12.1 Å². The molecular weight excluding hydrogens is 330 g/mol. The van der Waals surface area contributed by atoms with Crippen LogP contribution in [-0.2, 0) is 9.84 Å². The van der Waals surface area contributed by atoms with Gasteiger partial charge in [-0.25, -0.2) is 8.42 Å². The number of hydrogen-bond donors (Lipinski definition) is 2. The van der Waals surface area contributed by atoms with Gasteiger partial charge in [0.25, 0.3) is 0 Å². The summed E-state index contributed by atoms with van der Waals surface area (Å²) in [6, 6.07) is 4.67. The minimum absolute atomic E-state index is 0.0523. The molecule has 1 heterocycles. The minimum Gasteiger partial charge on any atom is -0.390 e. The molecule has 2 unspecified atom stereocenters. The first-order valence-electron chi connectivity index (χ1n) is 4.97. The first-order chi connectivity index (χ1) is 7.87. The Hall–Kier alpha value is -0.300. The van der Waals surface area contributed by atoms with E-state index >= 15 is 0 Å². The molecule has 4 nitrogen and oxygen atoms in total. The van der Waals surface area contributed by atoms with E-state index in [1.807, 2.05) is 0 Å². The lowest BCUT2D eigenvalue weighted by molar-refractivity contribution is 0.190. The van der Waals surface area contributed by atoms with Gasteiger partial charge in [-0.05, 0) is 34.1 Å². The molecule has 2 atom stereocenters. The Kier molecular flexibility index (Phi) is 3.68. The molecule has 0 spiro atoms. The van der Waals surface area contributed by atoms with E-state index in [-0.39, 0.29) is 11.5 Å². The highest BCUT2D eigenvalue weighted by atomic mass is 79.9. The number of aliphatic hydroxyl groups excluding tert-OH is 1. The molecule has 1 saturated heterocycles. The molecule has 0 saturated carbocycles. The molecular formula is C10H11BrClNO3S. The number of anilines is 1. The fourth-order valence-electron chi connectivity index (χ4n) is 1.77. The highest BCUT2D eigenvalue weighted by Gasteiger charge is 2.36. The second-order valence-corrected chi connectivity index (χ2v) is 7.46. The van der Waals surface area contributed by atoms with E-state index in [9.17, 15) is 13.5 Å². The number of nitrogens with one attached hydrogen (secondary N) is 1. The number of hydrogen-bond acceptors (Lipinski definition) is 4. The van der Waals surface area contributed by atoms with Crippen LogP contribution in [0.4, 0.5) is 5.69 Å². The lowest BCUT2D eigenvalue weighted by Gasteiger charge is -2.17. The zero-order valence-electron chi connectivity index (χ0n) is 8.73. The molecule has 2 rings (SSSR count). The monoisotopic (exact) mass is 339 g/mol. The van der Waals surface area contributed by atoms with Gasteiger partial charge in [0, 0.05) is 15.2 Å². The molecule has 1 aliphatic heterocycles. The predicted molar refractivity (Wildman–Crippen MR) is 71.2 cm³/mol. The largest absolute Gasteiger partial charge is 0.390 e. The van der Waals surface area contributed by atoms with E-state index in [1.165, 1.54) is 0 Å². The van der Waals surface area contributed by atoms with Crippen molar-refractivity contribution in [2.75, 3.05) is 16.8 Å². The van der Waals surface area contributed by atoms with Gasteiger partial charge in [-0.3, -0.25) is 0 Å². The van der Waals surface area contributed by atoms with Crippen molar-refractivity contribution < 1.29 is 13.5 Å². The van der Waals surface area contributed by atoms with Crippen LogP contribution in [-0.4, -0.2) is 37.2 Å². The SMILES string of the molecule is O=S1(=O)CC(O)C(Nc2ccc(Cl)cc2Br)C1. The summed E-state index contributed by atoms with van der Waals surface area (Å²) in [5, 5.41) is 13.2. The van der Waals surface area contributed by atoms with E-state index in [4.69, 9.17) is 11.6 Å². The highest BCUT2D eigenvalue weighted by Crippen LogP contribution is 2.28. The topological polar surface area (TPSA) is 66.4 Å². The van der Waals surface area contributed by atoms with E-state index < -0.39 is 22.0 Å². The van der Waals surface area contributed by atoms with Gasteiger partial charge in [-0.15, -0.1) is 0 Å². The van der Waals surface area contributed by atoms with Crippen molar-refractivity contribution in [2.24, 2.45) is 0 Å². The fraction of sp³-hybridized carbons (Fsp3) is 0.400. The average Bonchev–Trinajstić information content (AvgIpc) is 2.44. The van der Waals surface area contributed by atoms with Gasteiger partial charge in [0.1, 0.15) is 0 Å². The molecule has 0 aliphatic carbocycles. The third kappa shape index (κ3) is 3.13. The molecule has 1 aromatic rings. The Labute approximate surface area is 113 Å². The van der Waals surface area contributed by atoms with Gasteiger partial charge < -0.3 is 10.4 Å². The minimum atomic E-state index is -3.14. The molecule has 0 radical (unpaired) electrons. The van der Waals surface area contributed by atoms with Crippen LogP contribution in [0.2, 0.25) is 5.02 Å². The Morgan fingerprint density at radius 1 is 1.41 bits per heavy atom. The maximum absolute atomic E-state index is 11.3. The Bertz CT molecular complexity index is 534. The van der Waals surface area contributed by atoms with Gasteiger partial charge >= 0.3 is 0 Å². The van der Waals surface area contributed by atoms with Crippen LogP contribution in [0.15, 0.2) is 22.7 Å². The van der Waals surface area contributed by atoms with Crippen molar-refractivity contribution in [1.82, 2.24) is 0 Å². The lowest BCUT2D eigenvalue weighted by atomic mass is 10.2. The van der Waals surface area contributed by atoms with Crippen molar-refractivity contribution in [1.29, 1.82) is 0 Å². The van der Waals surface area contributed by atoms with Crippen LogP contribution >= 0.6 is 27.5 Å². The molecule has 0 aromatic heterocycles. The summed E-state index contributed by atoms with van der Waals surface area (Å²) in [6.07, 6.45) is -0.873. The second kappa shape index (κ2) is 4.76.